The van der Waals surface area contributed by atoms with Crippen molar-refractivity contribution in [3.05, 3.63) is 80.6 Å². The maximum Gasteiger partial charge on any atom is 0.342 e. The highest BCUT2D eigenvalue weighted by Crippen LogP contribution is 2.39. The number of hydrogen-bond acceptors (Lipinski definition) is 7. The largest absolute Gasteiger partial charge is 0.462 e. The van der Waals surface area contributed by atoms with Gasteiger partial charge >= 0.3 is 11.8 Å². The van der Waals surface area contributed by atoms with Crippen molar-refractivity contribution in [3.63, 3.8) is 0 Å². The number of esters is 1. The Hall–Kier alpha value is -3.95. The van der Waals surface area contributed by atoms with Gasteiger partial charge in [0, 0.05) is 30.9 Å². The summed E-state index contributed by atoms with van der Waals surface area (Å²) in [5.74, 6) is -1.80. The third-order valence-corrected chi connectivity index (χ3v) is 6.17. The van der Waals surface area contributed by atoms with Gasteiger partial charge in [0.15, 0.2) is 0 Å². The van der Waals surface area contributed by atoms with E-state index in [0.717, 1.165) is 11.8 Å². The Morgan fingerprint density at radius 2 is 1.77 bits per heavy atom. The minimum Gasteiger partial charge on any atom is -0.462 e. The number of nitrogens with zero attached hydrogens (tertiary/aromatic N) is 4. The molecule has 2 aromatic rings. The lowest BCUT2D eigenvalue weighted by molar-refractivity contribution is -0.391. The summed E-state index contributed by atoms with van der Waals surface area (Å²) in [6, 6.07) is 9.64. The summed E-state index contributed by atoms with van der Waals surface area (Å²) in [4.78, 5) is 43.8. The summed E-state index contributed by atoms with van der Waals surface area (Å²) in [6.45, 7) is 8.30. The summed E-state index contributed by atoms with van der Waals surface area (Å²) in [7, 11) is 1.50. The van der Waals surface area contributed by atoms with Crippen LogP contribution in [0.25, 0.3) is 0 Å². The second kappa shape index (κ2) is 11.0. The van der Waals surface area contributed by atoms with Gasteiger partial charge in [0.05, 0.1) is 24.8 Å². The number of carbonyl (C=O) groups is 2. The number of aromatic nitrogens is 2. The van der Waals surface area contributed by atoms with Crippen LogP contribution in [0.3, 0.4) is 0 Å². The number of dihydropyridines is 1. The zero-order valence-electron chi connectivity index (χ0n) is 20.7. The van der Waals surface area contributed by atoms with E-state index >= 15 is 0 Å². The minimum atomic E-state index is -0.924. The zero-order chi connectivity index (χ0) is 25.7. The van der Waals surface area contributed by atoms with Gasteiger partial charge in [-0.15, -0.1) is 0 Å². The van der Waals surface area contributed by atoms with Gasteiger partial charge in [-0.25, -0.2) is 14.3 Å². The molecular formula is C25H31N5O5. The van der Waals surface area contributed by atoms with E-state index in [1.54, 1.807) is 18.7 Å². The first-order valence-corrected chi connectivity index (χ1v) is 11.6. The number of amides is 1. The Labute approximate surface area is 204 Å². The van der Waals surface area contributed by atoms with Crippen molar-refractivity contribution in [2.75, 3.05) is 19.7 Å². The Morgan fingerprint density at radius 1 is 1.14 bits per heavy atom. The number of imidazole rings is 1. The molecule has 0 bridgehead atoms. The van der Waals surface area contributed by atoms with Crippen molar-refractivity contribution in [3.8, 4) is 0 Å². The SMILES string of the molecule is CCN(CC)C(=O)C1=C(C)NC(C)=C(C(=O)OCCc2ccccc2)C1c1ncc([N+](=O)[O-])n1C. The molecule has 1 aliphatic rings. The Morgan fingerprint density at radius 3 is 2.34 bits per heavy atom. The third-order valence-electron chi connectivity index (χ3n) is 6.17. The Kier molecular flexibility index (Phi) is 8.06. The second-order valence-electron chi connectivity index (χ2n) is 8.28. The van der Waals surface area contributed by atoms with Crippen LogP contribution in [0, 0.1) is 10.1 Å². The maximum absolute atomic E-state index is 13.6. The highest BCUT2D eigenvalue weighted by Gasteiger charge is 2.43. The molecule has 10 nitrogen and oxygen atoms in total. The molecule has 0 saturated heterocycles. The third kappa shape index (κ3) is 5.26. The van der Waals surface area contributed by atoms with Crippen LogP contribution in [0.5, 0.6) is 0 Å². The number of hydrogen-bond donors (Lipinski definition) is 1. The van der Waals surface area contributed by atoms with Gasteiger partial charge in [-0.2, -0.15) is 0 Å². The van der Waals surface area contributed by atoms with E-state index in [1.807, 2.05) is 44.2 Å². The van der Waals surface area contributed by atoms with Crippen molar-refractivity contribution >= 4 is 17.7 Å². The number of nitrogens with one attached hydrogen (secondary N) is 1. The van der Waals surface area contributed by atoms with Crippen molar-refractivity contribution < 1.29 is 19.2 Å². The average molecular weight is 482 g/mol. The zero-order valence-corrected chi connectivity index (χ0v) is 20.7. The standard InChI is InChI=1S/C25H31N5O5/c1-6-29(7-2)24(31)20-16(3)27-17(4)21(22(20)23-26-15-19(28(23)5)30(33)34)25(32)35-14-13-18-11-9-8-10-12-18/h8-12,15,22,27H,6-7,13-14H2,1-5H3. The molecule has 1 amide bonds. The molecule has 0 fully saturated rings. The Bertz CT molecular complexity index is 1180. The molecule has 10 heteroatoms. The molecular weight excluding hydrogens is 450 g/mol. The van der Waals surface area contributed by atoms with E-state index in [0.29, 0.717) is 36.5 Å². The highest BCUT2D eigenvalue weighted by molar-refractivity contribution is 6.01. The lowest BCUT2D eigenvalue weighted by atomic mass is 9.83. The molecule has 0 aliphatic carbocycles. The van der Waals surface area contributed by atoms with Crippen molar-refractivity contribution in [1.29, 1.82) is 0 Å². The molecule has 2 heterocycles. The summed E-state index contributed by atoms with van der Waals surface area (Å²) in [6.07, 6.45) is 1.67. The van der Waals surface area contributed by atoms with Crippen molar-refractivity contribution in [1.82, 2.24) is 19.8 Å². The molecule has 1 aromatic carbocycles. The second-order valence-corrected chi connectivity index (χ2v) is 8.28. The molecule has 35 heavy (non-hydrogen) atoms. The van der Waals surface area contributed by atoms with Gasteiger partial charge in [-0.3, -0.25) is 4.79 Å². The van der Waals surface area contributed by atoms with Gasteiger partial charge in [0.1, 0.15) is 12.1 Å². The van der Waals surface area contributed by atoms with E-state index in [1.165, 1.54) is 11.6 Å². The van der Waals surface area contributed by atoms with Crippen LogP contribution in [0.4, 0.5) is 5.82 Å². The molecule has 3 rings (SSSR count). The number of ether oxygens (including phenoxy) is 1. The molecule has 0 spiro atoms. The quantitative estimate of drug-likeness (QED) is 0.332. The van der Waals surface area contributed by atoms with Gasteiger partial charge in [-0.05, 0) is 38.2 Å². The number of rotatable bonds is 9. The molecule has 1 N–H and O–H groups in total. The highest BCUT2D eigenvalue weighted by atomic mass is 16.6. The van der Waals surface area contributed by atoms with Crippen LogP contribution in [-0.2, 0) is 27.8 Å². The number of carbonyl (C=O) groups excluding carboxylic acids is 2. The van der Waals surface area contributed by atoms with E-state index in [-0.39, 0.29) is 29.7 Å². The fourth-order valence-corrected chi connectivity index (χ4v) is 4.32. The van der Waals surface area contributed by atoms with E-state index < -0.39 is 16.8 Å². The lowest BCUT2D eigenvalue weighted by Crippen LogP contribution is -2.39. The topological polar surface area (TPSA) is 120 Å². The van der Waals surface area contributed by atoms with Crippen LogP contribution in [-0.4, -0.2) is 50.9 Å². The van der Waals surface area contributed by atoms with Gasteiger partial charge in [-0.1, -0.05) is 30.3 Å². The lowest BCUT2D eigenvalue weighted by Gasteiger charge is -2.31. The number of benzene rings is 1. The first-order valence-electron chi connectivity index (χ1n) is 11.6. The van der Waals surface area contributed by atoms with Crippen LogP contribution >= 0.6 is 0 Å². The molecule has 0 saturated carbocycles. The fraction of sp³-hybridized carbons (Fsp3) is 0.400. The minimum absolute atomic E-state index is 0.148. The van der Waals surface area contributed by atoms with Crippen LogP contribution < -0.4 is 5.32 Å². The summed E-state index contributed by atoms with van der Waals surface area (Å²) < 4.78 is 6.93. The predicted octanol–water partition coefficient (Wildman–Crippen LogP) is 3.22. The van der Waals surface area contributed by atoms with Gasteiger partial charge < -0.3 is 25.1 Å². The summed E-state index contributed by atoms with van der Waals surface area (Å²) in [5, 5.41) is 14.6. The van der Waals surface area contributed by atoms with Crippen LogP contribution in [0.1, 0.15) is 45.0 Å². The molecule has 1 atom stereocenters. The molecule has 1 unspecified atom stereocenters. The fourth-order valence-electron chi connectivity index (χ4n) is 4.32. The van der Waals surface area contributed by atoms with Gasteiger partial charge in [0.25, 0.3) is 5.91 Å². The first kappa shape index (κ1) is 25.7. The van der Waals surface area contributed by atoms with E-state index in [9.17, 15) is 19.7 Å². The van der Waals surface area contributed by atoms with Crippen molar-refractivity contribution in [2.24, 2.45) is 7.05 Å². The predicted molar refractivity (Wildman–Crippen MR) is 130 cm³/mol. The Balaban J connectivity index is 2.03. The number of allylic oxidation sites excluding steroid dienone is 2. The smallest absolute Gasteiger partial charge is 0.342 e. The van der Waals surface area contributed by atoms with Crippen molar-refractivity contribution in [2.45, 2.75) is 40.0 Å². The molecule has 0 radical (unpaired) electrons. The molecule has 1 aromatic heterocycles. The maximum atomic E-state index is 13.6. The summed E-state index contributed by atoms with van der Waals surface area (Å²) >= 11 is 0. The molecule has 186 valence electrons. The molecule has 1 aliphatic heterocycles. The average Bonchev–Trinajstić information content (AvgIpc) is 3.21. The summed E-state index contributed by atoms with van der Waals surface area (Å²) in [5.41, 5.74) is 2.63. The van der Waals surface area contributed by atoms with Crippen LogP contribution in [0.15, 0.2) is 59.1 Å². The normalized spacial score (nSPS) is 15.6. The van der Waals surface area contributed by atoms with Crippen LogP contribution in [0.2, 0.25) is 0 Å². The van der Waals surface area contributed by atoms with E-state index in [2.05, 4.69) is 10.3 Å². The van der Waals surface area contributed by atoms with E-state index in [4.69, 9.17) is 4.74 Å². The van der Waals surface area contributed by atoms with Gasteiger partial charge in [0.2, 0.25) is 5.82 Å². The number of nitro groups is 1. The monoisotopic (exact) mass is 481 g/mol. The number of likely N-dealkylation sites (N-methyl/N-ethyl adjacent to an activating group) is 1. The first-order chi connectivity index (χ1) is 16.7.